The Hall–Kier alpha value is -2.47. The molecule has 4 rings (SSSR count). The minimum Gasteiger partial charge on any atom is -0.381 e. The number of carbonyl (C=O) groups is 2. The Morgan fingerprint density at radius 2 is 1.67 bits per heavy atom. The van der Waals surface area contributed by atoms with E-state index in [1.807, 2.05) is 43.3 Å². The van der Waals surface area contributed by atoms with Gasteiger partial charge in [0.25, 0.3) is 5.91 Å². The maximum absolute atomic E-state index is 12.9. The molecule has 1 saturated heterocycles. The van der Waals surface area contributed by atoms with Gasteiger partial charge in [-0.25, -0.2) is 4.90 Å². The number of halogens is 1. The minimum atomic E-state index is -0.877. The molecule has 2 atom stereocenters. The van der Waals surface area contributed by atoms with Crippen molar-refractivity contribution in [2.45, 2.75) is 13.0 Å². The number of fused-ring (bicyclic) bond motifs is 1. The van der Waals surface area contributed by atoms with Gasteiger partial charge in [0.15, 0.2) is 0 Å². The Morgan fingerprint density at radius 1 is 1.00 bits per heavy atom. The van der Waals surface area contributed by atoms with Gasteiger partial charge in [-0.15, -0.1) is 0 Å². The molecule has 2 aromatic carbocycles. The first-order chi connectivity index (χ1) is 11.6. The standard InChI is InChI=1S/C18H13BrN2O3/c1-10-2-8-13(9-3-10)21-17(22)14-15(20-24-16(14)18(21)23)11-4-6-12(19)7-5-11/h2-9,14,16H,1H3/t14-,16+/m1/s1. The molecule has 0 saturated carbocycles. The zero-order chi connectivity index (χ0) is 16.8. The molecule has 0 unspecified atom stereocenters. The summed E-state index contributed by atoms with van der Waals surface area (Å²) in [5.74, 6) is -1.36. The predicted octanol–water partition coefficient (Wildman–Crippen LogP) is 3.05. The Balaban J connectivity index is 1.69. The smallest absolute Gasteiger partial charge is 0.278 e. The maximum Gasteiger partial charge on any atom is 0.278 e. The molecule has 2 amide bonds. The highest BCUT2D eigenvalue weighted by Crippen LogP contribution is 2.35. The zero-order valence-electron chi connectivity index (χ0n) is 12.8. The largest absolute Gasteiger partial charge is 0.381 e. The van der Waals surface area contributed by atoms with Gasteiger partial charge in [0.2, 0.25) is 12.0 Å². The van der Waals surface area contributed by atoms with Crippen molar-refractivity contribution < 1.29 is 14.4 Å². The van der Waals surface area contributed by atoms with Gasteiger partial charge in [-0.3, -0.25) is 9.59 Å². The minimum absolute atomic E-state index is 0.298. The second-order valence-electron chi connectivity index (χ2n) is 5.83. The lowest BCUT2D eigenvalue weighted by atomic mass is 9.94. The predicted molar refractivity (Wildman–Crippen MR) is 92.7 cm³/mol. The van der Waals surface area contributed by atoms with Gasteiger partial charge < -0.3 is 4.84 Å². The fraction of sp³-hybridized carbons (Fsp3) is 0.167. The number of nitrogens with zero attached hydrogens (tertiary/aromatic N) is 2. The van der Waals surface area contributed by atoms with Gasteiger partial charge in [0.1, 0.15) is 11.6 Å². The molecule has 0 radical (unpaired) electrons. The topological polar surface area (TPSA) is 59.0 Å². The van der Waals surface area contributed by atoms with Crippen LogP contribution in [0.3, 0.4) is 0 Å². The van der Waals surface area contributed by atoms with Crippen molar-refractivity contribution in [1.82, 2.24) is 0 Å². The van der Waals surface area contributed by atoms with Crippen LogP contribution in [-0.2, 0) is 14.4 Å². The van der Waals surface area contributed by atoms with Crippen molar-refractivity contribution in [2.24, 2.45) is 11.1 Å². The van der Waals surface area contributed by atoms with E-state index in [9.17, 15) is 9.59 Å². The summed E-state index contributed by atoms with van der Waals surface area (Å²) in [6, 6.07) is 14.7. The molecule has 6 heteroatoms. The van der Waals surface area contributed by atoms with Gasteiger partial charge in [-0.2, -0.15) is 0 Å². The van der Waals surface area contributed by atoms with Crippen LogP contribution in [0.1, 0.15) is 11.1 Å². The van der Waals surface area contributed by atoms with Crippen LogP contribution >= 0.6 is 15.9 Å². The number of amides is 2. The van der Waals surface area contributed by atoms with E-state index in [4.69, 9.17) is 4.84 Å². The quantitative estimate of drug-likeness (QED) is 0.747. The van der Waals surface area contributed by atoms with Crippen molar-refractivity contribution in [3.8, 4) is 0 Å². The number of hydrogen-bond donors (Lipinski definition) is 0. The van der Waals surface area contributed by atoms with E-state index in [1.165, 1.54) is 4.90 Å². The van der Waals surface area contributed by atoms with Gasteiger partial charge in [-0.05, 0) is 31.2 Å². The van der Waals surface area contributed by atoms with Crippen LogP contribution in [0.25, 0.3) is 0 Å². The highest BCUT2D eigenvalue weighted by Gasteiger charge is 2.56. The van der Waals surface area contributed by atoms with Crippen LogP contribution in [0.15, 0.2) is 58.2 Å². The lowest BCUT2D eigenvalue weighted by Gasteiger charge is -2.15. The molecule has 1 fully saturated rings. The first-order valence-electron chi connectivity index (χ1n) is 7.50. The highest BCUT2D eigenvalue weighted by molar-refractivity contribution is 9.10. The van der Waals surface area contributed by atoms with Crippen molar-refractivity contribution in [2.75, 3.05) is 4.90 Å². The Kier molecular flexibility index (Phi) is 3.49. The Morgan fingerprint density at radius 3 is 2.33 bits per heavy atom. The van der Waals surface area contributed by atoms with E-state index in [2.05, 4.69) is 21.1 Å². The maximum atomic E-state index is 12.9. The third-order valence-electron chi connectivity index (χ3n) is 4.24. The van der Waals surface area contributed by atoms with E-state index in [0.29, 0.717) is 11.4 Å². The zero-order valence-corrected chi connectivity index (χ0v) is 14.4. The van der Waals surface area contributed by atoms with Crippen molar-refractivity contribution in [3.63, 3.8) is 0 Å². The molecule has 0 aliphatic carbocycles. The first kappa shape index (κ1) is 15.1. The van der Waals surface area contributed by atoms with Gasteiger partial charge in [0.05, 0.1) is 5.69 Å². The number of anilines is 1. The molecule has 2 aromatic rings. The van der Waals surface area contributed by atoms with Crippen LogP contribution in [0.5, 0.6) is 0 Å². The van der Waals surface area contributed by atoms with E-state index in [-0.39, 0.29) is 11.8 Å². The third kappa shape index (κ3) is 2.26. The summed E-state index contributed by atoms with van der Waals surface area (Å²) < 4.78 is 0.928. The molecule has 0 N–H and O–H groups in total. The van der Waals surface area contributed by atoms with E-state index >= 15 is 0 Å². The fourth-order valence-corrected chi connectivity index (χ4v) is 3.25. The second-order valence-corrected chi connectivity index (χ2v) is 6.75. The molecule has 2 heterocycles. The molecule has 0 spiro atoms. The Labute approximate surface area is 147 Å². The molecule has 5 nitrogen and oxygen atoms in total. The lowest BCUT2D eigenvalue weighted by Crippen LogP contribution is -2.33. The SMILES string of the molecule is Cc1ccc(N2C(=O)[C@@H]3C(c4ccc(Br)cc4)=NO[C@@H]3C2=O)cc1. The molecule has 2 aliphatic heterocycles. The van der Waals surface area contributed by atoms with E-state index < -0.39 is 12.0 Å². The summed E-state index contributed by atoms with van der Waals surface area (Å²) >= 11 is 3.38. The summed E-state index contributed by atoms with van der Waals surface area (Å²) in [7, 11) is 0. The summed E-state index contributed by atoms with van der Waals surface area (Å²) in [5.41, 5.74) is 2.90. The van der Waals surface area contributed by atoms with Crippen molar-refractivity contribution in [3.05, 3.63) is 64.1 Å². The summed E-state index contributed by atoms with van der Waals surface area (Å²) in [6.07, 6.45) is -0.877. The van der Waals surface area contributed by atoms with Crippen molar-refractivity contribution in [1.29, 1.82) is 0 Å². The number of carbonyl (C=O) groups excluding carboxylic acids is 2. The van der Waals surface area contributed by atoms with Crippen LogP contribution in [0.2, 0.25) is 0 Å². The average molecular weight is 385 g/mol. The van der Waals surface area contributed by atoms with Crippen molar-refractivity contribution >= 4 is 39.1 Å². The van der Waals surface area contributed by atoms with Crippen LogP contribution in [-0.4, -0.2) is 23.6 Å². The molecule has 0 aromatic heterocycles. The van der Waals surface area contributed by atoms with Crippen LogP contribution in [0.4, 0.5) is 5.69 Å². The fourth-order valence-electron chi connectivity index (χ4n) is 2.98. The number of benzene rings is 2. The van der Waals surface area contributed by atoms with Gasteiger partial charge in [0, 0.05) is 10.0 Å². The van der Waals surface area contributed by atoms with Crippen LogP contribution < -0.4 is 4.90 Å². The number of aryl methyl sites for hydroxylation is 1. The lowest BCUT2D eigenvalue weighted by molar-refractivity contribution is -0.126. The molecule has 2 aliphatic rings. The first-order valence-corrected chi connectivity index (χ1v) is 8.30. The van der Waals surface area contributed by atoms with Gasteiger partial charge >= 0.3 is 0 Å². The molecular weight excluding hydrogens is 372 g/mol. The average Bonchev–Trinajstić information content (AvgIpc) is 3.11. The summed E-state index contributed by atoms with van der Waals surface area (Å²) in [6.45, 7) is 1.95. The molecule has 120 valence electrons. The summed E-state index contributed by atoms with van der Waals surface area (Å²) in [5, 5.41) is 4.00. The van der Waals surface area contributed by atoms with E-state index in [0.717, 1.165) is 15.6 Å². The van der Waals surface area contributed by atoms with E-state index in [1.54, 1.807) is 12.1 Å². The summed E-state index contributed by atoms with van der Waals surface area (Å²) in [4.78, 5) is 32.0. The molecular formula is C18H13BrN2O3. The monoisotopic (exact) mass is 384 g/mol. The highest BCUT2D eigenvalue weighted by atomic mass is 79.9. The number of oxime groups is 1. The number of rotatable bonds is 2. The van der Waals surface area contributed by atoms with Gasteiger partial charge in [-0.1, -0.05) is 50.9 Å². The third-order valence-corrected chi connectivity index (χ3v) is 4.77. The molecule has 24 heavy (non-hydrogen) atoms. The Bertz CT molecular complexity index is 859. The number of imide groups is 1. The second kappa shape index (κ2) is 5.56. The van der Waals surface area contributed by atoms with Crippen LogP contribution in [0, 0.1) is 12.8 Å². The molecule has 0 bridgehead atoms. The number of hydrogen-bond acceptors (Lipinski definition) is 4. The normalized spacial score (nSPS) is 22.4.